The van der Waals surface area contributed by atoms with Crippen molar-refractivity contribution >= 4 is 11.0 Å². The second-order valence-electron chi connectivity index (χ2n) is 7.06. The van der Waals surface area contributed by atoms with Crippen LogP contribution < -0.4 is 4.74 Å². The van der Waals surface area contributed by atoms with Crippen molar-refractivity contribution < 1.29 is 9.84 Å². The van der Waals surface area contributed by atoms with Crippen molar-refractivity contribution in [3.63, 3.8) is 0 Å². The zero-order valence-corrected chi connectivity index (χ0v) is 16.9. The van der Waals surface area contributed by atoms with Gasteiger partial charge in [-0.05, 0) is 55.9 Å². The Morgan fingerprint density at radius 1 is 1.22 bits per heavy atom. The summed E-state index contributed by atoms with van der Waals surface area (Å²) >= 11 is 0. The number of aryl methyl sites for hydroxylation is 3. The van der Waals surface area contributed by atoms with Gasteiger partial charge in [0.2, 0.25) is 5.88 Å². The van der Waals surface area contributed by atoms with Gasteiger partial charge in [0, 0.05) is 36.9 Å². The van der Waals surface area contributed by atoms with Crippen LogP contribution in [0.2, 0.25) is 0 Å². The number of aliphatic hydroxyl groups excluding tert-OH is 1. The van der Waals surface area contributed by atoms with Gasteiger partial charge in [-0.1, -0.05) is 13.8 Å². The van der Waals surface area contributed by atoms with Crippen molar-refractivity contribution in [2.45, 2.75) is 46.5 Å². The van der Waals surface area contributed by atoms with Crippen LogP contribution in [0.15, 0.2) is 24.4 Å². The van der Waals surface area contributed by atoms with E-state index in [1.54, 1.807) is 0 Å². The predicted molar refractivity (Wildman–Crippen MR) is 109 cm³/mol. The molecular formula is C22H29N3O2. The third kappa shape index (κ3) is 3.69. The summed E-state index contributed by atoms with van der Waals surface area (Å²) in [6.07, 6.45) is 3.71. The molecule has 0 saturated heterocycles. The number of hydrogen-bond acceptors (Lipinski definition) is 4. The molecule has 0 amide bonds. The van der Waals surface area contributed by atoms with Crippen molar-refractivity contribution in [2.75, 3.05) is 13.2 Å². The van der Waals surface area contributed by atoms with Crippen LogP contribution in [0.5, 0.6) is 5.88 Å². The molecule has 0 aliphatic heterocycles. The van der Waals surface area contributed by atoms with E-state index in [2.05, 4.69) is 48.7 Å². The van der Waals surface area contributed by atoms with Gasteiger partial charge in [-0.3, -0.25) is 0 Å². The molecule has 0 bridgehead atoms. The van der Waals surface area contributed by atoms with Gasteiger partial charge in [0.05, 0.1) is 18.0 Å². The normalized spacial score (nSPS) is 12.5. The van der Waals surface area contributed by atoms with Crippen LogP contribution in [0.25, 0.3) is 22.3 Å². The Morgan fingerprint density at radius 3 is 2.67 bits per heavy atom. The van der Waals surface area contributed by atoms with Crippen molar-refractivity contribution in [1.29, 1.82) is 0 Å². The van der Waals surface area contributed by atoms with E-state index in [4.69, 9.17) is 9.72 Å². The highest BCUT2D eigenvalue weighted by Crippen LogP contribution is 2.33. The Hall–Kier alpha value is -2.40. The monoisotopic (exact) mass is 367 g/mol. The van der Waals surface area contributed by atoms with Crippen LogP contribution in [-0.2, 0) is 13.5 Å². The Kier molecular flexibility index (Phi) is 5.80. The molecule has 0 spiro atoms. The molecule has 0 aliphatic rings. The molecule has 3 aromatic heterocycles. The highest BCUT2D eigenvalue weighted by Gasteiger charge is 2.18. The van der Waals surface area contributed by atoms with Gasteiger partial charge in [0.15, 0.2) is 0 Å². The molecule has 0 aliphatic carbocycles. The zero-order chi connectivity index (χ0) is 19.6. The quantitative estimate of drug-likeness (QED) is 0.673. The zero-order valence-electron chi connectivity index (χ0n) is 16.9. The molecule has 0 fully saturated rings. The number of rotatable bonds is 7. The molecule has 5 heteroatoms. The minimum Gasteiger partial charge on any atom is -0.478 e. The first-order valence-corrected chi connectivity index (χ1v) is 9.70. The predicted octanol–water partition coefficient (Wildman–Crippen LogP) is 4.39. The maximum Gasteiger partial charge on any atom is 0.213 e. The molecule has 1 atom stereocenters. The number of aliphatic hydroxyl groups is 1. The highest BCUT2D eigenvalue weighted by molar-refractivity contribution is 5.85. The average molecular weight is 367 g/mol. The first kappa shape index (κ1) is 19.4. The number of aromatic nitrogens is 3. The van der Waals surface area contributed by atoms with Gasteiger partial charge in [-0.15, -0.1) is 0 Å². The SMILES string of the molecule is CCOc1ccc(-c2nc3c(cc2C)c([C@H](C)CCO)cn3C)c(CC)n1. The summed E-state index contributed by atoms with van der Waals surface area (Å²) < 4.78 is 7.63. The standard InChI is InChI=1S/C22H29N3O2/c1-6-19-16(8-9-20(23-19)27-7-2)21-15(4)12-17-18(14(3)10-11-26)13-25(5)22(17)24-21/h8-9,12-14,26H,6-7,10-11H2,1-5H3/t14-/m1/s1. The van der Waals surface area contributed by atoms with E-state index in [0.29, 0.717) is 18.4 Å². The minimum atomic E-state index is 0.194. The maximum absolute atomic E-state index is 9.30. The molecule has 5 nitrogen and oxygen atoms in total. The number of fused-ring (bicyclic) bond motifs is 1. The van der Waals surface area contributed by atoms with E-state index >= 15 is 0 Å². The Bertz CT molecular complexity index is 946. The summed E-state index contributed by atoms with van der Waals surface area (Å²) in [5, 5.41) is 10.5. The number of nitrogens with zero attached hydrogens (tertiary/aromatic N) is 3. The van der Waals surface area contributed by atoms with Gasteiger partial charge < -0.3 is 14.4 Å². The Balaban J connectivity index is 2.14. The first-order chi connectivity index (χ1) is 13.0. The maximum atomic E-state index is 9.30. The smallest absolute Gasteiger partial charge is 0.213 e. The van der Waals surface area contributed by atoms with Crippen LogP contribution >= 0.6 is 0 Å². The molecule has 27 heavy (non-hydrogen) atoms. The number of hydrogen-bond donors (Lipinski definition) is 1. The van der Waals surface area contributed by atoms with E-state index in [1.807, 2.05) is 20.0 Å². The molecule has 144 valence electrons. The van der Waals surface area contributed by atoms with Crippen molar-refractivity contribution in [2.24, 2.45) is 7.05 Å². The minimum absolute atomic E-state index is 0.194. The third-order valence-corrected chi connectivity index (χ3v) is 5.09. The Labute approximate surface area is 161 Å². The molecule has 0 radical (unpaired) electrons. The second kappa shape index (κ2) is 8.09. The van der Waals surface area contributed by atoms with Crippen LogP contribution in [-0.4, -0.2) is 32.9 Å². The third-order valence-electron chi connectivity index (χ3n) is 5.09. The van der Waals surface area contributed by atoms with Gasteiger partial charge in [-0.25, -0.2) is 9.97 Å². The molecule has 0 aromatic carbocycles. The molecule has 3 rings (SSSR count). The fourth-order valence-corrected chi connectivity index (χ4v) is 3.63. The summed E-state index contributed by atoms with van der Waals surface area (Å²) in [6, 6.07) is 6.20. The largest absolute Gasteiger partial charge is 0.478 e. The van der Waals surface area contributed by atoms with Crippen LogP contribution in [0.1, 0.15) is 49.9 Å². The molecule has 3 heterocycles. The number of pyridine rings is 2. The molecular weight excluding hydrogens is 338 g/mol. The lowest BCUT2D eigenvalue weighted by Crippen LogP contribution is -2.01. The lowest BCUT2D eigenvalue weighted by atomic mass is 9.96. The second-order valence-corrected chi connectivity index (χ2v) is 7.06. The van der Waals surface area contributed by atoms with E-state index < -0.39 is 0 Å². The molecule has 1 N–H and O–H groups in total. The lowest BCUT2D eigenvalue weighted by Gasteiger charge is -2.13. The summed E-state index contributed by atoms with van der Waals surface area (Å²) in [6.45, 7) is 9.12. The molecule has 0 saturated carbocycles. The first-order valence-electron chi connectivity index (χ1n) is 9.70. The van der Waals surface area contributed by atoms with Crippen LogP contribution in [0, 0.1) is 6.92 Å². The highest BCUT2D eigenvalue weighted by atomic mass is 16.5. The summed E-state index contributed by atoms with van der Waals surface area (Å²) in [4.78, 5) is 9.67. The van der Waals surface area contributed by atoms with Crippen LogP contribution in [0.3, 0.4) is 0 Å². The molecule has 3 aromatic rings. The summed E-state index contributed by atoms with van der Waals surface area (Å²) in [5.74, 6) is 0.958. The summed E-state index contributed by atoms with van der Waals surface area (Å²) in [7, 11) is 2.03. The fourth-order valence-electron chi connectivity index (χ4n) is 3.63. The van der Waals surface area contributed by atoms with Crippen molar-refractivity contribution in [1.82, 2.24) is 14.5 Å². The van der Waals surface area contributed by atoms with E-state index in [-0.39, 0.29) is 6.61 Å². The van der Waals surface area contributed by atoms with Crippen LogP contribution in [0.4, 0.5) is 0 Å². The van der Waals surface area contributed by atoms with Crippen molar-refractivity contribution in [3.05, 3.63) is 41.2 Å². The molecule has 0 unspecified atom stereocenters. The van der Waals surface area contributed by atoms with E-state index in [1.165, 1.54) is 5.56 Å². The average Bonchev–Trinajstić information content (AvgIpc) is 2.97. The fraction of sp³-hybridized carbons (Fsp3) is 0.455. The van der Waals surface area contributed by atoms with Gasteiger partial charge >= 0.3 is 0 Å². The van der Waals surface area contributed by atoms with Gasteiger partial charge in [0.25, 0.3) is 0 Å². The lowest BCUT2D eigenvalue weighted by molar-refractivity contribution is 0.279. The van der Waals surface area contributed by atoms with E-state index in [9.17, 15) is 5.11 Å². The topological polar surface area (TPSA) is 60.2 Å². The summed E-state index contributed by atoms with van der Waals surface area (Å²) in [5.41, 5.74) is 6.37. The Morgan fingerprint density at radius 2 is 2.00 bits per heavy atom. The number of ether oxygens (including phenoxy) is 1. The van der Waals surface area contributed by atoms with Gasteiger partial charge in [0.1, 0.15) is 5.65 Å². The van der Waals surface area contributed by atoms with Gasteiger partial charge in [-0.2, -0.15) is 0 Å². The van der Waals surface area contributed by atoms with E-state index in [0.717, 1.165) is 46.4 Å². The van der Waals surface area contributed by atoms with Crippen molar-refractivity contribution in [3.8, 4) is 17.1 Å².